The highest BCUT2D eigenvalue weighted by Gasteiger charge is 2.47. The van der Waals surface area contributed by atoms with Gasteiger partial charge in [-0.05, 0) is 67.2 Å². The van der Waals surface area contributed by atoms with Gasteiger partial charge in [0.15, 0.2) is 0 Å². The third-order valence-corrected chi connectivity index (χ3v) is 5.40. The Labute approximate surface area is 159 Å². The number of aliphatic hydroxyl groups is 3. The van der Waals surface area contributed by atoms with Crippen molar-refractivity contribution in [2.45, 2.75) is 45.0 Å². The Hall–Kier alpha value is -2.40. The SMILES string of the molecule is CC1=CC(C(c2ccccc2)c2cc(C)c(O)c(C)c2)=CC(C)(O)C1(O)O. The van der Waals surface area contributed by atoms with E-state index < -0.39 is 11.4 Å². The summed E-state index contributed by atoms with van der Waals surface area (Å²) < 4.78 is 0. The average Bonchev–Trinajstić information content (AvgIpc) is 2.59. The van der Waals surface area contributed by atoms with Gasteiger partial charge in [-0.25, -0.2) is 0 Å². The number of hydrogen-bond donors (Lipinski definition) is 4. The normalized spacial score (nSPS) is 22.8. The van der Waals surface area contributed by atoms with Crippen LogP contribution in [0.3, 0.4) is 0 Å². The molecule has 2 aromatic rings. The van der Waals surface area contributed by atoms with E-state index in [1.165, 1.54) is 13.0 Å². The lowest BCUT2D eigenvalue weighted by Crippen LogP contribution is -2.53. The van der Waals surface area contributed by atoms with Crippen molar-refractivity contribution >= 4 is 0 Å². The predicted octanol–water partition coefficient (Wildman–Crippen LogP) is 3.46. The number of aromatic hydroxyl groups is 1. The molecule has 3 rings (SSSR count). The first-order chi connectivity index (χ1) is 12.5. The van der Waals surface area contributed by atoms with Crippen LogP contribution in [0.15, 0.2) is 65.8 Å². The Morgan fingerprint density at radius 1 is 0.852 bits per heavy atom. The second-order valence-electron chi connectivity index (χ2n) is 7.64. The van der Waals surface area contributed by atoms with E-state index in [1.54, 1.807) is 13.0 Å². The van der Waals surface area contributed by atoms with E-state index in [-0.39, 0.29) is 17.2 Å². The van der Waals surface area contributed by atoms with Crippen molar-refractivity contribution in [3.63, 3.8) is 0 Å². The fraction of sp³-hybridized carbons (Fsp3) is 0.304. The number of benzene rings is 2. The molecule has 2 unspecified atom stereocenters. The van der Waals surface area contributed by atoms with Gasteiger partial charge in [-0.15, -0.1) is 0 Å². The first-order valence-electron chi connectivity index (χ1n) is 8.98. The van der Waals surface area contributed by atoms with Gasteiger partial charge in [-0.1, -0.05) is 48.5 Å². The van der Waals surface area contributed by atoms with E-state index >= 15 is 0 Å². The second kappa shape index (κ2) is 6.64. The first-order valence-corrected chi connectivity index (χ1v) is 8.98. The Morgan fingerprint density at radius 3 is 1.93 bits per heavy atom. The molecule has 0 saturated carbocycles. The molecule has 1 aliphatic carbocycles. The highest BCUT2D eigenvalue weighted by molar-refractivity contribution is 5.53. The summed E-state index contributed by atoms with van der Waals surface area (Å²) in [4.78, 5) is 0. The maximum Gasteiger partial charge on any atom is 0.219 e. The van der Waals surface area contributed by atoms with E-state index in [2.05, 4.69) is 0 Å². The molecule has 0 bridgehead atoms. The Kier molecular flexibility index (Phi) is 4.76. The van der Waals surface area contributed by atoms with Gasteiger partial charge < -0.3 is 20.4 Å². The molecule has 0 heterocycles. The van der Waals surface area contributed by atoms with Gasteiger partial charge in [-0.2, -0.15) is 0 Å². The van der Waals surface area contributed by atoms with Gasteiger partial charge in [0.25, 0.3) is 0 Å². The van der Waals surface area contributed by atoms with E-state index in [9.17, 15) is 20.4 Å². The van der Waals surface area contributed by atoms with Gasteiger partial charge in [-0.3, -0.25) is 0 Å². The van der Waals surface area contributed by atoms with Crippen LogP contribution in [-0.4, -0.2) is 31.8 Å². The van der Waals surface area contributed by atoms with E-state index in [0.717, 1.165) is 27.8 Å². The Morgan fingerprint density at radius 2 is 1.41 bits per heavy atom. The molecule has 0 aromatic heterocycles. The van der Waals surface area contributed by atoms with E-state index in [0.29, 0.717) is 0 Å². The van der Waals surface area contributed by atoms with Gasteiger partial charge >= 0.3 is 0 Å². The van der Waals surface area contributed by atoms with Crippen molar-refractivity contribution in [1.82, 2.24) is 0 Å². The van der Waals surface area contributed by atoms with Gasteiger partial charge in [0, 0.05) is 5.92 Å². The number of hydrogen-bond acceptors (Lipinski definition) is 4. The van der Waals surface area contributed by atoms with Crippen LogP contribution in [0.4, 0.5) is 0 Å². The standard InChI is InChI=1S/C23H26O4/c1-14-10-18(11-15(2)21(14)24)20(17-8-6-5-7-9-17)19-12-16(3)23(26,27)22(4,25)13-19/h5-13,20,24-27H,1-4H3. The molecule has 27 heavy (non-hydrogen) atoms. The molecule has 0 radical (unpaired) electrons. The average molecular weight is 366 g/mol. The summed E-state index contributed by atoms with van der Waals surface area (Å²) in [5, 5.41) is 41.4. The van der Waals surface area contributed by atoms with Crippen LogP contribution in [0.5, 0.6) is 5.75 Å². The molecule has 0 aliphatic heterocycles. The van der Waals surface area contributed by atoms with Crippen LogP contribution < -0.4 is 0 Å². The molecule has 2 aromatic carbocycles. The molecule has 0 spiro atoms. The summed E-state index contributed by atoms with van der Waals surface area (Å²) in [6, 6.07) is 13.7. The van der Waals surface area contributed by atoms with Crippen LogP contribution in [-0.2, 0) is 0 Å². The molecule has 4 N–H and O–H groups in total. The van der Waals surface area contributed by atoms with Crippen molar-refractivity contribution in [3.8, 4) is 5.75 Å². The maximum absolute atomic E-state index is 10.7. The molecule has 1 aliphatic rings. The topological polar surface area (TPSA) is 80.9 Å². The zero-order valence-corrected chi connectivity index (χ0v) is 16.1. The van der Waals surface area contributed by atoms with Crippen molar-refractivity contribution in [2.24, 2.45) is 0 Å². The van der Waals surface area contributed by atoms with Crippen molar-refractivity contribution < 1.29 is 20.4 Å². The number of aryl methyl sites for hydroxylation is 2. The van der Waals surface area contributed by atoms with E-state index in [4.69, 9.17) is 0 Å². The predicted molar refractivity (Wildman–Crippen MR) is 105 cm³/mol. The highest BCUT2D eigenvalue weighted by Crippen LogP contribution is 2.42. The second-order valence-corrected chi connectivity index (χ2v) is 7.64. The molecule has 4 nitrogen and oxygen atoms in total. The lowest BCUT2D eigenvalue weighted by molar-refractivity contribution is -0.225. The van der Waals surface area contributed by atoms with Crippen molar-refractivity contribution in [1.29, 1.82) is 0 Å². The summed E-state index contributed by atoms with van der Waals surface area (Å²) in [7, 11) is 0. The fourth-order valence-corrected chi connectivity index (χ4v) is 3.76. The zero-order valence-electron chi connectivity index (χ0n) is 16.1. The molecular weight excluding hydrogens is 340 g/mol. The molecule has 4 heteroatoms. The summed E-state index contributed by atoms with van der Waals surface area (Å²) in [6.45, 7) is 6.69. The minimum absolute atomic E-state index is 0.221. The third-order valence-electron chi connectivity index (χ3n) is 5.40. The van der Waals surface area contributed by atoms with Crippen molar-refractivity contribution in [2.75, 3.05) is 0 Å². The Bertz CT molecular complexity index is 898. The van der Waals surface area contributed by atoms with E-state index in [1.807, 2.05) is 56.3 Å². The quantitative estimate of drug-likeness (QED) is 0.627. The third kappa shape index (κ3) is 3.32. The van der Waals surface area contributed by atoms with Gasteiger partial charge in [0.2, 0.25) is 5.79 Å². The van der Waals surface area contributed by atoms with Crippen LogP contribution in [0.25, 0.3) is 0 Å². The lowest BCUT2D eigenvalue weighted by Gasteiger charge is -2.40. The summed E-state index contributed by atoms with van der Waals surface area (Å²) in [5.74, 6) is -2.27. The summed E-state index contributed by atoms with van der Waals surface area (Å²) >= 11 is 0. The minimum Gasteiger partial charge on any atom is -0.507 e. The number of phenolic OH excluding ortho intramolecular Hbond substituents is 1. The Balaban J connectivity index is 2.23. The molecule has 2 atom stereocenters. The molecule has 0 saturated heterocycles. The van der Waals surface area contributed by atoms with Gasteiger partial charge in [0.05, 0.1) is 0 Å². The highest BCUT2D eigenvalue weighted by atomic mass is 16.5. The van der Waals surface area contributed by atoms with Crippen LogP contribution in [0, 0.1) is 13.8 Å². The number of allylic oxidation sites excluding steroid dienone is 2. The summed E-state index contributed by atoms with van der Waals surface area (Å²) in [6.07, 6.45) is 3.22. The maximum atomic E-state index is 10.7. The molecular formula is C23H26O4. The van der Waals surface area contributed by atoms with Gasteiger partial charge in [0.1, 0.15) is 11.4 Å². The fourth-order valence-electron chi connectivity index (χ4n) is 3.76. The first kappa shape index (κ1) is 19.4. The van der Waals surface area contributed by atoms with Crippen LogP contribution in [0.1, 0.15) is 42.0 Å². The lowest BCUT2D eigenvalue weighted by atomic mass is 9.75. The zero-order chi connectivity index (χ0) is 20.0. The monoisotopic (exact) mass is 366 g/mol. The molecule has 0 fully saturated rings. The number of phenols is 1. The summed E-state index contributed by atoms with van der Waals surface area (Å²) in [5.41, 5.74) is 2.74. The van der Waals surface area contributed by atoms with Crippen molar-refractivity contribution in [3.05, 3.63) is 88.0 Å². The van der Waals surface area contributed by atoms with Crippen LogP contribution in [0.2, 0.25) is 0 Å². The minimum atomic E-state index is -2.32. The smallest absolute Gasteiger partial charge is 0.219 e. The molecule has 0 amide bonds. The van der Waals surface area contributed by atoms with Crippen LogP contribution >= 0.6 is 0 Å². The largest absolute Gasteiger partial charge is 0.507 e. The number of rotatable bonds is 3. The molecule has 142 valence electrons.